The molecule has 16 heavy (non-hydrogen) atoms. The van der Waals surface area contributed by atoms with Crippen LogP contribution < -0.4 is 10.5 Å². The predicted molar refractivity (Wildman–Crippen MR) is 67.6 cm³/mol. The minimum Gasteiger partial charge on any atom is -0.493 e. The van der Waals surface area contributed by atoms with E-state index in [9.17, 15) is 0 Å². The molecule has 0 bridgehead atoms. The number of hydrogen-bond donors (Lipinski definition) is 2. The van der Waals surface area contributed by atoms with Crippen molar-refractivity contribution in [1.29, 1.82) is 5.41 Å². The Morgan fingerprint density at radius 2 is 1.94 bits per heavy atom. The monoisotopic (exact) mass is 240 g/mol. The lowest BCUT2D eigenvalue weighted by Crippen LogP contribution is -2.11. The first-order valence-electron chi connectivity index (χ1n) is 5.23. The largest absolute Gasteiger partial charge is 0.493 e. The Hall–Kier alpha value is -1.22. The molecule has 0 aliphatic heterocycles. The summed E-state index contributed by atoms with van der Waals surface area (Å²) in [6, 6.07) is 3.77. The minimum atomic E-state index is 0.202. The number of benzene rings is 1. The summed E-state index contributed by atoms with van der Waals surface area (Å²) < 4.78 is 5.66. The molecule has 0 fully saturated rings. The fraction of sp³-hybridized carbons (Fsp3) is 0.417. The second-order valence-electron chi connectivity index (χ2n) is 3.85. The van der Waals surface area contributed by atoms with E-state index >= 15 is 0 Å². The highest BCUT2D eigenvalue weighted by atomic mass is 35.5. The van der Waals surface area contributed by atoms with Crippen LogP contribution in [0.25, 0.3) is 0 Å². The number of nitrogens with two attached hydrogens (primary N) is 1. The van der Waals surface area contributed by atoms with Gasteiger partial charge in [-0.05, 0) is 43.5 Å². The average Bonchev–Trinajstić information content (AvgIpc) is 2.14. The van der Waals surface area contributed by atoms with Crippen LogP contribution in [0.15, 0.2) is 12.1 Å². The standard InChI is InChI=1S/C12H17ClN2O/c1-8-6-10(13)7-9(2)12(8)16-5-3-4-11(14)15/h6-7H,3-5H2,1-2H3,(H3,14,15). The lowest BCUT2D eigenvalue weighted by atomic mass is 10.1. The van der Waals surface area contributed by atoms with Gasteiger partial charge in [-0.25, -0.2) is 0 Å². The van der Waals surface area contributed by atoms with Crippen LogP contribution in [0.3, 0.4) is 0 Å². The predicted octanol–water partition coefficient (Wildman–Crippen LogP) is 3.05. The van der Waals surface area contributed by atoms with Crippen LogP contribution in [0.5, 0.6) is 5.75 Å². The molecule has 0 radical (unpaired) electrons. The summed E-state index contributed by atoms with van der Waals surface area (Å²) >= 11 is 5.92. The van der Waals surface area contributed by atoms with Gasteiger partial charge in [-0.15, -0.1) is 0 Å². The highest BCUT2D eigenvalue weighted by molar-refractivity contribution is 6.30. The number of ether oxygens (including phenoxy) is 1. The molecule has 0 aliphatic carbocycles. The van der Waals surface area contributed by atoms with Gasteiger partial charge in [0.2, 0.25) is 0 Å². The number of halogens is 1. The molecule has 0 amide bonds. The van der Waals surface area contributed by atoms with E-state index in [1.165, 1.54) is 0 Å². The van der Waals surface area contributed by atoms with Crippen LogP contribution in [0.1, 0.15) is 24.0 Å². The summed E-state index contributed by atoms with van der Waals surface area (Å²) in [5, 5.41) is 7.82. The summed E-state index contributed by atoms with van der Waals surface area (Å²) in [5.74, 6) is 1.08. The Kier molecular flexibility index (Phi) is 4.62. The van der Waals surface area contributed by atoms with Gasteiger partial charge in [0, 0.05) is 11.4 Å². The fourth-order valence-corrected chi connectivity index (χ4v) is 1.89. The smallest absolute Gasteiger partial charge is 0.125 e. The van der Waals surface area contributed by atoms with Gasteiger partial charge in [-0.3, -0.25) is 5.41 Å². The third-order valence-corrected chi connectivity index (χ3v) is 2.48. The molecule has 0 unspecified atom stereocenters. The first-order chi connectivity index (χ1) is 7.50. The van der Waals surface area contributed by atoms with Gasteiger partial charge >= 0.3 is 0 Å². The van der Waals surface area contributed by atoms with Crippen molar-refractivity contribution in [3.63, 3.8) is 0 Å². The lowest BCUT2D eigenvalue weighted by molar-refractivity contribution is 0.309. The van der Waals surface area contributed by atoms with Crippen LogP contribution in [-0.4, -0.2) is 12.4 Å². The van der Waals surface area contributed by atoms with Crippen LogP contribution in [0.4, 0.5) is 0 Å². The number of amidine groups is 1. The van der Waals surface area contributed by atoms with E-state index in [0.29, 0.717) is 13.0 Å². The van der Waals surface area contributed by atoms with Gasteiger partial charge < -0.3 is 10.5 Å². The zero-order chi connectivity index (χ0) is 12.1. The van der Waals surface area contributed by atoms with Gasteiger partial charge in [0.05, 0.1) is 12.4 Å². The molecule has 1 aromatic rings. The van der Waals surface area contributed by atoms with Crippen LogP contribution in [0, 0.1) is 19.3 Å². The van der Waals surface area contributed by atoms with E-state index < -0.39 is 0 Å². The summed E-state index contributed by atoms with van der Waals surface area (Å²) in [6.45, 7) is 4.52. The molecule has 1 aromatic carbocycles. The van der Waals surface area contributed by atoms with Gasteiger partial charge in [0.1, 0.15) is 5.75 Å². The molecule has 0 atom stereocenters. The van der Waals surface area contributed by atoms with E-state index in [0.717, 1.165) is 28.3 Å². The second kappa shape index (κ2) is 5.75. The zero-order valence-electron chi connectivity index (χ0n) is 9.64. The molecule has 0 aliphatic rings. The van der Waals surface area contributed by atoms with Gasteiger partial charge in [-0.2, -0.15) is 0 Å². The molecule has 0 aromatic heterocycles. The van der Waals surface area contributed by atoms with E-state index in [2.05, 4.69) is 0 Å². The summed E-state index contributed by atoms with van der Waals surface area (Å²) in [6.07, 6.45) is 1.34. The number of hydrogen-bond acceptors (Lipinski definition) is 2. The summed E-state index contributed by atoms with van der Waals surface area (Å²) in [4.78, 5) is 0. The van der Waals surface area contributed by atoms with E-state index in [1.807, 2.05) is 26.0 Å². The Balaban J connectivity index is 2.57. The van der Waals surface area contributed by atoms with Crippen molar-refractivity contribution in [3.8, 4) is 5.75 Å². The molecule has 88 valence electrons. The van der Waals surface area contributed by atoms with Crippen molar-refractivity contribution >= 4 is 17.4 Å². The molecular weight excluding hydrogens is 224 g/mol. The van der Waals surface area contributed by atoms with Crippen molar-refractivity contribution in [2.24, 2.45) is 5.73 Å². The molecule has 0 spiro atoms. The molecular formula is C12H17ClN2O. The van der Waals surface area contributed by atoms with E-state index in [4.69, 9.17) is 27.5 Å². The van der Waals surface area contributed by atoms with Crippen molar-refractivity contribution in [1.82, 2.24) is 0 Å². The zero-order valence-corrected chi connectivity index (χ0v) is 10.4. The summed E-state index contributed by atoms with van der Waals surface area (Å²) in [7, 11) is 0. The molecule has 1 rings (SSSR count). The highest BCUT2D eigenvalue weighted by Crippen LogP contribution is 2.27. The van der Waals surface area contributed by atoms with Gasteiger partial charge in [-0.1, -0.05) is 11.6 Å². The molecule has 3 N–H and O–H groups in total. The van der Waals surface area contributed by atoms with Gasteiger partial charge in [0.25, 0.3) is 0 Å². The Bertz CT molecular complexity index is 368. The van der Waals surface area contributed by atoms with Crippen LogP contribution in [0.2, 0.25) is 5.02 Å². The fourth-order valence-electron chi connectivity index (χ4n) is 1.56. The normalized spacial score (nSPS) is 10.2. The van der Waals surface area contributed by atoms with E-state index in [1.54, 1.807) is 0 Å². The van der Waals surface area contributed by atoms with Crippen molar-refractivity contribution in [2.75, 3.05) is 6.61 Å². The minimum absolute atomic E-state index is 0.202. The van der Waals surface area contributed by atoms with Crippen molar-refractivity contribution < 1.29 is 4.74 Å². The summed E-state index contributed by atoms with van der Waals surface area (Å²) in [5.41, 5.74) is 7.33. The van der Waals surface area contributed by atoms with E-state index in [-0.39, 0.29) is 5.84 Å². The third-order valence-electron chi connectivity index (χ3n) is 2.26. The maximum absolute atomic E-state index is 7.09. The van der Waals surface area contributed by atoms with Crippen molar-refractivity contribution in [2.45, 2.75) is 26.7 Å². The second-order valence-corrected chi connectivity index (χ2v) is 4.28. The molecule has 3 nitrogen and oxygen atoms in total. The molecule has 0 saturated carbocycles. The first-order valence-corrected chi connectivity index (χ1v) is 5.61. The maximum Gasteiger partial charge on any atom is 0.125 e. The first kappa shape index (κ1) is 12.8. The Labute approximate surface area is 101 Å². The Morgan fingerprint density at radius 1 is 1.38 bits per heavy atom. The number of nitrogens with one attached hydrogen (secondary N) is 1. The molecule has 0 saturated heterocycles. The molecule has 0 heterocycles. The lowest BCUT2D eigenvalue weighted by Gasteiger charge is -2.12. The quantitative estimate of drug-likeness (QED) is 0.472. The number of rotatable bonds is 5. The van der Waals surface area contributed by atoms with Gasteiger partial charge in [0.15, 0.2) is 0 Å². The topological polar surface area (TPSA) is 59.1 Å². The van der Waals surface area contributed by atoms with Crippen LogP contribution in [-0.2, 0) is 0 Å². The maximum atomic E-state index is 7.09. The average molecular weight is 241 g/mol. The molecule has 4 heteroatoms. The van der Waals surface area contributed by atoms with Crippen LogP contribution >= 0.6 is 11.6 Å². The number of aryl methyl sites for hydroxylation is 2. The SMILES string of the molecule is Cc1cc(Cl)cc(C)c1OCCCC(=N)N. The van der Waals surface area contributed by atoms with Crippen molar-refractivity contribution in [3.05, 3.63) is 28.3 Å². The highest BCUT2D eigenvalue weighted by Gasteiger charge is 2.05. The third kappa shape index (κ3) is 3.74. The Morgan fingerprint density at radius 3 is 2.44 bits per heavy atom.